The lowest BCUT2D eigenvalue weighted by molar-refractivity contribution is 0.415. The lowest BCUT2D eigenvalue weighted by Gasteiger charge is -2.09. The topological polar surface area (TPSA) is 42.1 Å². The Morgan fingerprint density at radius 1 is 0.909 bits per heavy atom. The van der Waals surface area contributed by atoms with E-state index in [1.54, 1.807) is 7.11 Å². The predicted octanol–water partition coefficient (Wildman–Crippen LogP) is 4.03. The highest BCUT2D eigenvalue weighted by Gasteiger charge is 2.09. The molecule has 0 radical (unpaired) electrons. The standard InChI is InChI=1S/C19H17NO2/c1-13-17(14-6-4-3-5-7-14)12-18(20-19(13)21)15-8-10-16(22-2)11-9-15/h3-12H,1-2H3,(H,20,21). The highest BCUT2D eigenvalue weighted by atomic mass is 16.5. The quantitative estimate of drug-likeness (QED) is 0.791. The average Bonchev–Trinajstić information content (AvgIpc) is 2.58. The molecule has 0 atom stereocenters. The van der Waals surface area contributed by atoms with Crippen LogP contribution in [0.2, 0.25) is 0 Å². The normalized spacial score (nSPS) is 10.5. The fourth-order valence-electron chi connectivity index (χ4n) is 2.47. The molecule has 0 spiro atoms. The summed E-state index contributed by atoms with van der Waals surface area (Å²) in [7, 11) is 1.64. The molecular formula is C19H17NO2. The number of nitrogens with one attached hydrogen (secondary N) is 1. The Morgan fingerprint density at radius 3 is 2.23 bits per heavy atom. The van der Waals surface area contributed by atoms with Gasteiger partial charge >= 0.3 is 0 Å². The van der Waals surface area contributed by atoms with Crippen molar-refractivity contribution in [3.63, 3.8) is 0 Å². The molecule has 0 fully saturated rings. The molecule has 0 saturated carbocycles. The summed E-state index contributed by atoms with van der Waals surface area (Å²) in [5, 5.41) is 0. The monoisotopic (exact) mass is 291 g/mol. The maximum atomic E-state index is 12.3. The molecule has 110 valence electrons. The summed E-state index contributed by atoms with van der Waals surface area (Å²) < 4.78 is 5.17. The summed E-state index contributed by atoms with van der Waals surface area (Å²) in [5.41, 5.74) is 4.42. The van der Waals surface area contributed by atoms with E-state index in [1.165, 1.54) is 0 Å². The van der Waals surface area contributed by atoms with Gasteiger partial charge in [0.25, 0.3) is 5.56 Å². The van der Waals surface area contributed by atoms with Gasteiger partial charge in [-0.1, -0.05) is 30.3 Å². The number of benzene rings is 2. The molecule has 0 unspecified atom stereocenters. The van der Waals surface area contributed by atoms with Crippen molar-refractivity contribution in [2.75, 3.05) is 7.11 Å². The summed E-state index contributed by atoms with van der Waals surface area (Å²) in [5.74, 6) is 0.793. The van der Waals surface area contributed by atoms with Gasteiger partial charge in [0.15, 0.2) is 0 Å². The molecule has 0 aliphatic carbocycles. The van der Waals surface area contributed by atoms with Gasteiger partial charge in [0.2, 0.25) is 0 Å². The number of hydrogen-bond donors (Lipinski definition) is 1. The third-order valence-corrected chi connectivity index (χ3v) is 3.77. The first kappa shape index (κ1) is 14.1. The number of H-pyrrole nitrogens is 1. The molecule has 1 heterocycles. The molecule has 1 aromatic heterocycles. The third kappa shape index (κ3) is 2.66. The predicted molar refractivity (Wildman–Crippen MR) is 89.2 cm³/mol. The van der Waals surface area contributed by atoms with E-state index in [4.69, 9.17) is 4.74 Å². The Morgan fingerprint density at radius 2 is 1.59 bits per heavy atom. The Hall–Kier alpha value is -2.81. The van der Waals surface area contributed by atoms with E-state index >= 15 is 0 Å². The van der Waals surface area contributed by atoms with Crippen LogP contribution in [0.3, 0.4) is 0 Å². The van der Waals surface area contributed by atoms with Gasteiger partial charge in [-0.3, -0.25) is 4.79 Å². The van der Waals surface area contributed by atoms with Gasteiger partial charge < -0.3 is 9.72 Å². The van der Waals surface area contributed by atoms with Crippen molar-refractivity contribution in [1.82, 2.24) is 4.98 Å². The molecular weight excluding hydrogens is 274 g/mol. The number of ether oxygens (including phenoxy) is 1. The molecule has 22 heavy (non-hydrogen) atoms. The van der Waals surface area contributed by atoms with Gasteiger partial charge in [0.05, 0.1) is 7.11 Å². The largest absolute Gasteiger partial charge is 0.497 e. The second-order valence-corrected chi connectivity index (χ2v) is 5.15. The zero-order valence-corrected chi connectivity index (χ0v) is 12.6. The minimum Gasteiger partial charge on any atom is -0.497 e. The van der Waals surface area contributed by atoms with Crippen molar-refractivity contribution in [3.8, 4) is 28.1 Å². The van der Waals surface area contributed by atoms with Gasteiger partial charge in [-0.25, -0.2) is 0 Å². The Balaban J connectivity index is 2.13. The number of aromatic nitrogens is 1. The van der Waals surface area contributed by atoms with Crippen LogP contribution in [0.25, 0.3) is 22.4 Å². The van der Waals surface area contributed by atoms with E-state index < -0.39 is 0 Å². The van der Waals surface area contributed by atoms with Crippen LogP contribution in [0.4, 0.5) is 0 Å². The summed E-state index contributed by atoms with van der Waals surface area (Å²) in [4.78, 5) is 15.2. The van der Waals surface area contributed by atoms with Crippen molar-refractivity contribution >= 4 is 0 Å². The van der Waals surface area contributed by atoms with Gasteiger partial charge in [-0.2, -0.15) is 0 Å². The van der Waals surface area contributed by atoms with Crippen LogP contribution < -0.4 is 10.3 Å². The van der Waals surface area contributed by atoms with E-state index in [-0.39, 0.29) is 5.56 Å². The van der Waals surface area contributed by atoms with Crippen molar-refractivity contribution in [2.45, 2.75) is 6.92 Å². The number of methoxy groups -OCH3 is 1. The summed E-state index contributed by atoms with van der Waals surface area (Å²) >= 11 is 0. The number of hydrogen-bond acceptors (Lipinski definition) is 2. The number of aromatic amines is 1. The number of rotatable bonds is 3. The summed E-state index contributed by atoms with van der Waals surface area (Å²) in [6.45, 7) is 1.85. The van der Waals surface area contributed by atoms with Gasteiger partial charge in [-0.15, -0.1) is 0 Å². The van der Waals surface area contributed by atoms with E-state index in [9.17, 15) is 4.79 Å². The molecule has 3 rings (SSSR count). The van der Waals surface area contributed by atoms with Crippen molar-refractivity contribution < 1.29 is 4.74 Å². The third-order valence-electron chi connectivity index (χ3n) is 3.77. The molecule has 3 nitrogen and oxygen atoms in total. The van der Waals surface area contributed by atoms with Gasteiger partial charge in [0, 0.05) is 11.3 Å². The average molecular weight is 291 g/mol. The van der Waals surface area contributed by atoms with E-state index in [0.717, 1.165) is 33.7 Å². The highest BCUT2D eigenvalue weighted by Crippen LogP contribution is 2.26. The van der Waals surface area contributed by atoms with Crippen LogP contribution in [0, 0.1) is 6.92 Å². The Bertz CT molecular complexity index is 834. The number of pyridine rings is 1. The second kappa shape index (κ2) is 5.90. The minimum atomic E-state index is -0.0628. The van der Waals surface area contributed by atoms with E-state index in [2.05, 4.69) is 4.98 Å². The van der Waals surface area contributed by atoms with Crippen LogP contribution in [-0.4, -0.2) is 12.1 Å². The maximum Gasteiger partial charge on any atom is 0.251 e. The van der Waals surface area contributed by atoms with E-state index in [0.29, 0.717) is 0 Å². The van der Waals surface area contributed by atoms with Crippen LogP contribution in [0.5, 0.6) is 5.75 Å². The second-order valence-electron chi connectivity index (χ2n) is 5.15. The summed E-state index contributed by atoms with van der Waals surface area (Å²) in [6, 6.07) is 19.6. The molecule has 0 amide bonds. The van der Waals surface area contributed by atoms with Crippen molar-refractivity contribution in [3.05, 3.63) is 76.6 Å². The summed E-state index contributed by atoms with van der Waals surface area (Å²) in [6.07, 6.45) is 0. The molecule has 3 heteroatoms. The highest BCUT2D eigenvalue weighted by molar-refractivity contribution is 5.73. The molecule has 2 aromatic carbocycles. The molecule has 0 saturated heterocycles. The van der Waals surface area contributed by atoms with E-state index in [1.807, 2.05) is 67.6 Å². The molecule has 3 aromatic rings. The van der Waals surface area contributed by atoms with Crippen molar-refractivity contribution in [1.29, 1.82) is 0 Å². The first-order chi connectivity index (χ1) is 10.7. The molecule has 0 bridgehead atoms. The lowest BCUT2D eigenvalue weighted by atomic mass is 9.99. The Kier molecular flexibility index (Phi) is 3.79. The minimum absolute atomic E-state index is 0.0628. The van der Waals surface area contributed by atoms with Crippen molar-refractivity contribution in [2.24, 2.45) is 0 Å². The zero-order valence-electron chi connectivity index (χ0n) is 12.6. The van der Waals surface area contributed by atoms with Crippen LogP contribution in [-0.2, 0) is 0 Å². The molecule has 1 N–H and O–H groups in total. The first-order valence-corrected chi connectivity index (χ1v) is 7.13. The first-order valence-electron chi connectivity index (χ1n) is 7.13. The van der Waals surface area contributed by atoms with Crippen LogP contribution >= 0.6 is 0 Å². The SMILES string of the molecule is COc1ccc(-c2cc(-c3ccccc3)c(C)c(=O)[nH]2)cc1. The van der Waals surface area contributed by atoms with Gasteiger partial charge in [-0.05, 0) is 53.9 Å². The fourth-order valence-corrected chi connectivity index (χ4v) is 2.47. The fraction of sp³-hybridized carbons (Fsp3) is 0.105. The van der Waals surface area contributed by atoms with Gasteiger partial charge in [0.1, 0.15) is 5.75 Å². The molecule has 0 aliphatic heterocycles. The Labute approximate surface area is 129 Å². The lowest BCUT2D eigenvalue weighted by Crippen LogP contribution is -2.11. The zero-order chi connectivity index (χ0) is 15.5. The van der Waals surface area contributed by atoms with Crippen LogP contribution in [0.15, 0.2) is 65.5 Å². The smallest absolute Gasteiger partial charge is 0.251 e. The van der Waals surface area contributed by atoms with Crippen LogP contribution in [0.1, 0.15) is 5.56 Å². The maximum absolute atomic E-state index is 12.3. The molecule has 0 aliphatic rings.